The molecule has 0 saturated carbocycles. The summed E-state index contributed by atoms with van der Waals surface area (Å²) in [5.41, 5.74) is 0.991. The van der Waals surface area contributed by atoms with E-state index in [1.54, 1.807) is 7.11 Å². The van der Waals surface area contributed by atoms with Gasteiger partial charge in [-0.15, -0.1) is 0 Å². The van der Waals surface area contributed by atoms with E-state index in [4.69, 9.17) is 9.47 Å². The Labute approximate surface area is 144 Å². The summed E-state index contributed by atoms with van der Waals surface area (Å²) in [5.74, 6) is 1.41. The van der Waals surface area contributed by atoms with Crippen LogP contribution in [0.25, 0.3) is 0 Å². The lowest BCUT2D eigenvalue weighted by molar-refractivity contribution is 0.140. The minimum Gasteiger partial charge on any atom is -0.493 e. The van der Waals surface area contributed by atoms with E-state index in [1.165, 1.54) is 0 Å². The molecule has 1 fully saturated rings. The van der Waals surface area contributed by atoms with Crippen LogP contribution in [0.2, 0.25) is 0 Å². The number of likely N-dealkylation sites (tertiary alicyclic amines) is 1. The van der Waals surface area contributed by atoms with Crippen molar-refractivity contribution in [1.82, 2.24) is 15.1 Å². The Morgan fingerprint density at radius 3 is 2.83 bits per heavy atom. The molecule has 134 valence electrons. The number of carbonyl (C=O) groups is 1. The molecular weight excluding hydrogens is 306 g/mol. The molecule has 0 bridgehead atoms. The molecule has 1 heterocycles. The zero-order valence-electron chi connectivity index (χ0n) is 15.2. The minimum absolute atomic E-state index is 0.00518. The third kappa shape index (κ3) is 4.77. The van der Waals surface area contributed by atoms with Gasteiger partial charge in [0.15, 0.2) is 11.5 Å². The Morgan fingerprint density at radius 2 is 2.17 bits per heavy atom. The third-order valence-electron chi connectivity index (χ3n) is 4.39. The van der Waals surface area contributed by atoms with Crippen LogP contribution >= 0.6 is 0 Å². The number of nitrogens with zero attached hydrogens (tertiary/aromatic N) is 2. The fourth-order valence-corrected chi connectivity index (χ4v) is 2.95. The topological polar surface area (TPSA) is 54.0 Å². The summed E-state index contributed by atoms with van der Waals surface area (Å²) in [6.07, 6.45) is 2.19. The normalized spacial score (nSPS) is 17.7. The number of nitrogens with one attached hydrogen (secondary N) is 1. The van der Waals surface area contributed by atoms with Crippen molar-refractivity contribution in [2.24, 2.45) is 0 Å². The highest BCUT2D eigenvalue weighted by Crippen LogP contribution is 2.28. The molecule has 24 heavy (non-hydrogen) atoms. The molecule has 1 aliphatic heterocycles. The monoisotopic (exact) mass is 335 g/mol. The fraction of sp³-hybridized carbons (Fsp3) is 0.611. The number of ether oxygens (including phenoxy) is 2. The first-order valence-corrected chi connectivity index (χ1v) is 8.54. The van der Waals surface area contributed by atoms with Gasteiger partial charge in [-0.3, -0.25) is 0 Å². The van der Waals surface area contributed by atoms with Crippen molar-refractivity contribution in [1.29, 1.82) is 0 Å². The van der Waals surface area contributed by atoms with Gasteiger partial charge in [-0.05, 0) is 51.6 Å². The average Bonchev–Trinajstić information content (AvgIpc) is 2.60. The van der Waals surface area contributed by atoms with Crippen molar-refractivity contribution in [3.8, 4) is 11.5 Å². The highest BCUT2D eigenvalue weighted by atomic mass is 16.5. The maximum Gasteiger partial charge on any atom is 0.317 e. The first-order valence-electron chi connectivity index (χ1n) is 8.54. The van der Waals surface area contributed by atoms with Crippen molar-refractivity contribution in [2.75, 3.05) is 40.9 Å². The van der Waals surface area contributed by atoms with Crippen LogP contribution in [0.1, 0.15) is 25.3 Å². The van der Waals surface area contributed by atoms with Gasteiger partial charge in [0.2, 0.25) is 0 Å². The maximum absolute atomic E-state index is 12.4. The lowest BCUT2D eigenvalue weighted by Gasteiger charge is -2.36. The number of urea groups is 1. The molecule has 1 aromatic rings. The molecule has 0 unspecified atom stereocenters. The average molecular weight is 335 g/mol. The molecule has 0 spiro atoms. The van der Waals surface area contributed by atoms with Crippen LogP contribution in [0.4, 0.5) is 4.79 Å². The molecule has 1 aliphatic rings. The van der Waals surface area contributed by atoms with E-state index in [1.807, 2.05) is 30.0 Å². The highest BCUT2D eigenvalue weighted by Gasteiger charge is 2.24. The molecule has 1 atom stereocenters. The minimum atomic E-state index is -0.00518. The Morgan fingerprint density at radius 1 is 1.38 bits per heavy atom. The number of piperidine rings is 1. The van der Waals surface area contributed by atoms with Crippen LogP contribution in [0.5, 0.6) is 11.5 Å². The van der Waals surface area contributed by atoms with Crippen molar-refractivity contribution in [3.63, 3.8) is 0 Å². The number of benzene rings is 1. The second kappa shape index (κ2) is 8.78. The van der Waals surface area contributed by atoms with Crippen LogP contribution in [-0.4, -0.2) is 62.8 Å². The lowest BCUT2D eigenvalue weighted by atomic mass is 10.1. The first kappa shape index (κ1) is 18.4. The number of amides is 2. The van der Waals surface area contributed by atoms with Crippen LogP contribution < -0.4 is 14.8 Å². The summed E-state index contributed by atoms with van der Waals surface area (Å²) in [6, 6.07) is 6.17. The Hall–Kier alpha value is -1.95. The maximum atomic E-state index is 12.4. The quantitative estimate of drug-likeness (QED) is 0.867. The third-order valence-corrected chi connectivity index (χ3v) is 4.39. The van der Waals surface area contributed by atoms with Crippen molar-refractivity contribution < 1.29 is 14.3 Å². The highest BCUT2D eigenvalue weighted by molar-refractivity contribution is 5.74. The number of carbonyl (C=O) groups excluding carboxylic acids is 1. The molecule has 1 aromatic carbocycles. The fourth-order valence-electron chi connectivity index (χ4n) is 2.95. The van der Waals surface area contributed by atoms with E-state index in [9.17, 15) is 4.79 Å². The Balaban J connectivity index is 1.91. The van der Waals surface area contributed by atoms with Crippen LogP contribution in [0.3, 0.4) is 0 Å². The summed E-state index contributed by atoms with van der Waals surface area (Å²) < 4.78 is 10.9. The van der Waals surface area contributed by atoms with E-state index in [-0.39, 0.29) is 6.03 Å². The van der Waals surface area contributed by atoms with Gasteiger partial charge in [0.05, 0.1) is 13.7 Å². The molecule has 6 heteroatoms. The summed E-state index contributed by atoms with van der Waals surface area (Å²) in [6.45, 7) is 4.61. The second-order valence-electron chi connectivity index (χ2n) is 6.28. The summed E-state index contributed by atoms with van der Waals surface area (Å²) in [4.78, 5) is 16.5. The van der Waals surface area contributed by atoms with E-state index in [0.717, 1.165) is 37.2 Å². The second-order valence-corrected chi connectivity index (χ2v) is 6.28. The largest absolute Gasteiger partial charge is 0.493 e. The van der Waals surface area contributed by atoms with E-state index in [2.05, 4.69) is 24.3 Å². The van der Waals surface area contributed by atoms with Gasteiger partial charge in [0.1, 0.15) is 0 Å². The molecule has 0 aromatic heterocycles. The molecule has 0 aliphatic carbocycles. The molecule has 1 N–H and O–H groups in total. The number of rotatable bonds is 6. The van der Waals surface area contributed by atoms with E-state index < -0.39 is 0 Å². The standard InChI is InChI=1S/C18H29N3O3/c1-5-24-16-9-8-14(11-17(16)23-4)12-19-18(22)21-10-6-7-15(13-21)20(2)3/h8-9,11,15H,5-7,10,12-13H2,1-4H3,(H,19,22)/t15-/m1/s1. The number of likely N-dealkylation sites (N-methyl/N-ethyl adjacent to an activating group) is 1. The van der Waals surface area contributed by atoms with Crippen molar-refractivity contribution >= 4 is 6.03 Å². The van der Waals surface area contributed by atoms with Crippen molar-refractivity contribution in [3.05, 3.63) is 23.8 Å². The molecule has 6 nitrogen and oxygen atoms in total. The molecule has 0 radical (unpaired) electrons. The SMILES string of the molecule is CCOc1ccc(CNC(=O)N2CCC[C@@H](N(C)C)C2)cc1OC. The number of methoxy groups -OCH3 is 1. The van der Waals surface area contributed by atoms with Gasteiger partial charge in [-0.1, -0.05) is 6.07 Å². The Bertz CT molecular complexity index is 548. The number of hydrogen-bond acceptors (Lipinski definition) is 4. The van der Waals surface area contributed by atoms with Gasteiger partial charge in [0.25, 0.3) is 0 Å². The van der Waals surface area contributed by atoms with Gasteiger partial charge >= 0.3 is 6.03 Å². The van der Waals surface area contributed by atoms with E-state index in [0.29, 0.717) is 24.9 Å². The van der Waals surface area contributed by atoms with Crippen LogP contribution in [0.15, 0.2) is 18.2 Å². The smallest absolute Gasteiger partial charge is 0.317 e. The summed E-state index contributed by atoms with van der Waals surface area (Å²) in [7, 11) is 5.76. The molecule has 1 saturated heterocycles. The zero-order chi connectivity index (χ0) is 17.5. The summed E-state index contributed by atoms with van der Waals surface area (Å²) in [5, 5.41) is 3.00. The van der Waals surface area contributed by atoms with E-state index >= 15 is 0 Å². The molecule has 2 amide bonds. The predicted molar refractivity (Wildman–Crippen MR) is 94.7 cm³/mol. The lowest BCUT2D eigenvalue weighted by Crippen LogP contribution is -2.50. The zero-order valence-corrected chi connectivity index (χ0v) is 15.2. The van der Waals surface area contributed by atoms with Gasteiger partial charge in [-0.2, -0.15) is 0 Å². The van der Waals surface area contributed by atoms with Gasteiger partial charge < -0.3 is 24.6 Å². The first-order chi connectivity index (χ1) is 11.5. The molecule has 2 rings (SSSR count). The van der Waals surface area contributed by atoms with Crippen LogP contribution in [-0.2, 0) is 6.54 Å². The van der Waals surface area contributed by atoms with Crippen molar-refractivity contribution in [2.45, 2.75) is 32.4 Å². The number of hydrogen-bond donors (Lipinski definition) is 1. The van der Waals surface area contributed by atoms with Gasteiger partial charge in [-0.25, -0.2) is 4.79 Å². The Kier molecular flexibility index (Phi) is 6.73. The predicted octanol–water partition coefficient (Wildman–Crippen LogP) is 2.33. The van der Waals surface area contributed by atoms with Gasteiger partial charge in [0, 0.05) is 25.7 Å². The van der Waals surface area contributed by atoms with Crippen LogP contribution in [0, 0.1) is 0 Å². The molecular formula is C18H29N3O3. The summed E-state index contributed by atoms with van der Waals surface area (Å²) >= 11 is 0.